The molecule has 0 aromatic heterocycles. The summed E-state index contributed by atoms with van der Waals surface area (Å²) in [6, 6.07) is 5.15. The lowest BCUT2D eigenvalue weighted by Gasteiger charge is -2.27. The Morgan fingerprint density at radius 3 is 2.79 bits per heavy atom. The molecule has 2 N–H and O–H groups in total. The Morgan fingerprint density at radius 2 is 2.00 bits per heavy atom. The normalized spacial score (nSPS) is 24.4. The Balaban J connectivity index is 1.63. The number of nitrogens with zero attached hydrogens (tertiary/aromatic N) is 1. The van der Waals surface area contributed by atoms with E-state index in [1.54, 1.807) is 25.1 Å². The molecule has 3 unspecified atom stereocenters. The van der Waals surface area contributed by atoms with Crippen LogP contribution in [0.2, 0.25) is 10.0 Å². The average Bonchev–Trinajstić information content (AvgIpc) is 2.88. The third kappa shape index (κ3) is 3.68. The number of likely N-dealkylation sites (tertiary alicyclic amines) is 1. The van der Waals surface area contributed by atoms with Crippen molar-refractivity contribution in [3.8, 4) is 0 Å². The van der Waals surface area contributed by atoms with Crippen molar-refractivity contribution in [3.05, 3.63) is 33.8 Å². The fourth-order valence-electron chi connectivity index (χ4n) is 3.43. The zero-order chi connectivity index (χ0) is 17.3. The van der Waals surface area contributed by atoms with Crippen molar-refractivity contribution in [1.29, 1.82) is 0 Å². The van der Waals surface area contributed by atoms with Gasteiger partial charge in [-0.05, 0) is 38.3 Å². The largest absolute Gasteiger partial charge is 0.340 e. The fourth-order valence-corrected chi connectivity index (χ4v) is 3.82. The number of hydrogen-bond donors (Lipinski definition) is 2. The number of amides is 2. The Kier molecular flexibility index (Phi) is 5.33. The Labute approximate surface area is 151 Å². The van der Waals surface area contributed by atoms with Crippen molar-refractivity contribution in [2.45, 2.75) is 44.3 Å². The van der Waals surface area contributed by atoms with E-state index >= 15 is 0 Å². The molecule has 3 rings (SSSR count). The van der Waals surface area contributed by atoms with Crippen molar-refractivity contribution in [1.82, 2.24) is 15.5 Å². The third-order valence-corrected chi connectivity index (χ3v) is 5.57. The molecule has 2 aliphatic rings. The van der Waals surface area contributed by atoms with Crippen LogP contribution >= 0.6 is 23.2 Å². The van der Waals surface area contributed by atoms with Crippen LogP contribution in [-0.2, 0) is 4.79 Å². The van der Waals surface area contributed by atoms with Crippen LogP contribution in [0.15, 0.2) is 18.2 Å². The molecule has 2 saturated heterocycles. The van der Waals surface area contributed by atoms with E-state index in [-0.39, 0.29) is 16.5 Å². The van der Waals surface area contributed by atoms with Crippen LogP contribution < -0.4 is 10.6 Å². The van der Waals surface area contributed by atoms with Crippen LogP contribution in [0.5, 0.6) is 0 Å². The highest BCUT2D eigenvalue weighted by molar-refractivity contribution is 6.43. The maximum Gasteiger partial charge on any atom is 0.253 e. The highest BCUT2D eigenvalue weighted by atomic mass is 35.5. The summed E-state index contributed by atoms with van der Waals surface area (Å²) in [5.74, 6) is -0.450. The summed E-state index contributed by atoms with van der Waals surface area (Å²) < 4.78 is 0. The number of hydrogen-bond acceptors (Lipinski definition) is 3. The molecule has 2 amide bonds. The van der Waals surface area contributed by atoms with Gasteiger partial charge in [0, 0.05) is 25.2 Å². The second-order valence-electron chi connectivity index (χ2n) is 6.51. The van der Waals surface area contributed by atoms with Gasteiger partial charge in [0.2, 0.25) is 5.91 Å². The first-order valence-electron chi connectivity index (χ1n) is 8.25. The molecular formula is C17H21Cl2N3O2. The van der Waals surface area contributed by atoms with E-state index in [0.29, 0.717) is 23.7 Å². The van der Waals surface area contributed by atoms with Gasteiger partial charge in [-0.15, -0.1) is 0 Å². The topological polar surface area (TPSA) is 61.4 Å². The minimum atomic E-state index is -0.607. The molecule has 1 aromatic rings. The SMILES string of the molecule is CC(NC(=O)c1cccc(Cl)c1Cl)C(=O)N1CCC2CCC(C1)N2. The lowest BCUT2D eigenvalue weighted by Crippen LogP contribution is -2.49. The first kappa shape index (κ1) is 17.5. The lowest BCUT2D eigenvalue weighted by molar-refractivity contribution is -0.133. The van der Waals surface area contributed by atoms with E-state index in [4.69, 9.17) is 23.2 Å². The smallest absolute Gasteiger partial charge is 0.253 e. The molecule has 5 nitrogen and oxygen atoms in total. The van der Waals surface area contributed by atoms with E-state index in [1.807, 2.05) is 4.90 Å². The first-order valence-corrected chi connectivity index (χ1v) is 9.01. The summed E-state index contributed by atoms with van der Waals surface area (Å²) in [4.78, 5) is 26.9. The van der Waals surface area contributed by atoms with Crippen LogP contribution in [-0.4, -0.2) is 47.9 Å². The van der Waals surface area contributed by atoms with Gasteiger partial charge in [0.15, 0.2) is 0 Å². The monoisotopic (exact) mass is 369 g/mol. The van der Waals surface area contributed by atoms with Gasteiger partial charge < -0.3 is 15.5 Å². The fraction of sp³-hybridized carbons (Fsp3) is 0.529. The van der Waals surface area contributed by atoms with E-state index in [0.717, 1.165) is 19.4 Å². The molecule has 2 heterocycles. The van der Waals surface area contributed by atoms with Crippen LogP contribution in [0, 0.1) is 0 Å². The number of benzene rings is 1. The standard InChI is InChI=1S/C17H21Cl2N3O2/c1-10(20-16(23)13-3-2-4-14(18)15(13)19)17(24)22-8-7-11-5-6-12(9-22)21-11/h2-4,10-12,21H,5-9H2,1H3,(H,20,23). The molecule has 0 spiro atoms. The van der Waals surface area contributed by atoms with Gasteiger partial charge in [-0.3, -0.25) is 9.59 Å². The molecule has 2 fully saturated rings. The van der Waals surface area contributed by atoms with Crippen molar-refractivity contribution in [2.75, 3.05) is 13.1 Å². The molecule has 0 aliphatic carbocycles. The molecule has 130 valence electrons. The number of nitrogens with one attached hydrogen (secondary N) is 2. The molecule has 24 heavy (non-hydrogen) atoms. The number of rotatable bonds is 3. The highest BCUT2D eigenvalue weighted by Crippen LogP contribution is 2.25. The summed E-state index contributed by atoms with van der Waals surface area (Å²) in [6.07, 6.45) is 3.25. The second-order valence-corrected chi connectivity index (χ2v) is 7.29. The van der Waals surface area contributed by atoms with Crippen LogP contribution in [0.1, 0.15) is 36.5 Å². The Morgan fingerprint density at radius 1 is 1.25 bits per heavy atom. The molecule has 0 saturated carbocycles. The average molecular weight is 370 g/mol. The minimum Gasteiger partial charge on any atom is -0.340 e. The molecule has 2 aliphatic heterocycles. The summed E-state index contributed by atoms with van der Waals surface area (Å²) in [5, 5.41) is 6.79. The molecule has 2 bridgehead atoms. The van der Waals surface area contributed by atoms with E-state index in [9.17, 15) is 9.59 Å². The van der Waals surface area contributed by atoms with E-state index in [2.05, 4.69) is 10.6 Å². The zero-order valence-electron chi connectivity index (χ0n) is 13.5. The Hall–Kier alpha value is -1.30. The van der Waals surface area contributed by atoms with Gasteiger partial charge in [-0.25, -0.2) is 0 Å². The summed E-state index contributed by atoms with van der Waals surface area (Å²) >= 11 is 12.0. The van der Waals surface area contributed by atoms with Gasteiger partial charge >= 0.3 is 0 Å². The molecule has 1 aromatic carbocycles. The number of carbonyl (C=O) groups excluding carboxylic acids is 2. The number of halogens is 2. The van der Waals surface area contributed by atoms with E-state index in [1.165, 1.54) is 6.42 Å². The Bertz CT molecular complexity index is 653. The summed E-state index contributed by atoms with van der Waals surface area (Å²) in [5.41, 5.74) is 0.278. The molecule has 7 heteroatoms. The van der Waals surface area contributed by atoms with Gasteiger partial charge in [-0.2, -0.15) is 0 Å². The van der Waals surface area contributed by atoms with Crippen LogP contribution in [0.25, 0.3) is 0 Å². The van der Waals surface area contributed by atoms with Crippen molar-refractivity contribution < 1.29 is 9.59 Å². The summed E-state index contributed by atoms with van der Waals surface area (Å²) in [6.45, 7) is 3.13. The lowest BCUT2D eigenvalue weighted by atomic mass is 10.1. The maximum atomic E-state index is 12.7. The maximum absolute atomic E-state index is 12.7. The van der Waals surface area contributed by atoms with Crippen molar-refractivity contribution in [3.63, 3.8) is 0 Å². The van der Waals surface area contributed by atoms with Gasteiger partial charge in [0.1, 0.15) is 6.04 Å². The summed E-state index contributed by atoms with van der Waals surface area (Å²) in [7, 11) is 0. The second kappa shape index (κ2) is 7.30. The number of carbonyl (C=O) groups is 2. The highest BCUT2D eigenvalue weighted by Gasteiger charge is 2.33. The molecule has 0 radical (unpaired) electrons. The molecular weight excluding hydrogens is 349 g/mol. The number of fused-ring (bicyclic) bond motifs is 2. The van der Waals surface area contributed by atoms with Crippen LogP contribution in [0.4, 0.5) is 0 Å². The minimum absolute atomic E-state index is 0.0594. The first-order chi connectivity index (χ1) is 11.5. The van der Waals surface area contributed by atoms with E-state index < -0.39 is 11.9 Å². The van der Waals surface area contributed by atoms with Crippen molar-refractivity contribution in [2.24, 2.45) is 0 Å². The van der Waals surface area contributed by atoms with Crippen molar-refractivity contribution >= 4 is 35.0 Å². The van der Waals surface area contributed by atoms with Crippen LogP contribution in [0.3, 0.4) is 0 Å². The predicted molar refractivity (Wildman–Crippen MR) is 94.5 cm³/mol. The van der Waals surface area contributed by atoms with Gasteiger partial charge in [0.25, 0.3) is 5.91 Å². The quantitative estimate of drug-likeness (QED) is 0.859. The van der Waals surface area contributed by atoms with Gasteiger partial charge in [-0.1, -0.05) is 29.3 Å². The third-order valence-electron chi connectivity index (χ3n) is 4.75. The zero-order valence-corrected chi connectivity index (χ0v) is 15.0. The van der Waals surface area contributed by atoms with Gasteiger partial charge in [0.05, 0.1) is 15.6 Å². The predicted octanol–water partition coefficient (Wildman–Crippen LogP) is 2.46. The molecule has 3 atom stereocenters.